The van der Waals surface area contributed by atoms with E-state index in [2.05, 4.69) is 15.2 Å². The Labute approximate surface area is 156 Å². The van der Waals surface area contributed by atoms with Crippen LogP contribution in [0.15, 0.2) is 29.3 Å². The van der Waals surface area contributed by atoms with Gasteiger partial charge in [-0.3, -0.25) is 24.8 Å². The van der Waals surface area contributed by atoms with Gasteiger partial charge in [-0.1, -0.05) is 0 Å². The number of carbonyl (C=O) groups excluding carboxylic acids is 3. The number of carbonyl (C=O) groups is 3. The molecular weight excluding hydrogens is 352 g/mol. The summed E-state index contributed by atoms with van der Waals surface area (Å²) in [4.78, 5) is 44.3. The minimum Gasteiger partial charge on any atom is -0.497 e. The van der Waals surface area contributed by atoms with Gasteiger partial charge in [0.25, 0.3) is 5.91 Å². The molecule has 0 bridgehead atoms. The highest BCUT2D eigenvalue weighted by molar-refractivity contribution is 6.32. The van der Waals surface area contributed by atoms with Crippen molar-refractivity contribution in [1.29, 1.82) is 0 Å². The molecule has 0 unspecified atom stereocenters. The van der Waals surface area contributed by atoms with E-state index in [9.17, 15) is 14.4 Å². The van der Waals surface area contributed by atoms with E-state index in [1.165, 1.54) is 13.3 Å². The number of barbiturate groups is 1. The molecule has 0 aromatic heterocycles. The molecule has 1 N–H and O–H groups in total. The molecule has 1 aromatic carbocycles. The van der Waals surface area contributed by atoms with E-state index in [-0.39, 0.29) is 0 Å². The Balaban J connectivity index is 1.65. The SMILES string of the molecule is COc1ccc(N2C(=O)NC(=O)[C@H](C=NCCN3CCOCC3)C2=O)cc1. The van der Waals surface area contributed by atoms with Crippen LogP contribution in [0.25, 0.3) is 0 Å². The Bertz CT molecular complexity index is 728. The van der Waals surface area contributed by atoms with E-state index in [4.69, 9.17) is 9.47 Å². The number of hydrogen-bond donors (Lipinski definition) is 1. The summed E-state index contributed by atoms with van der Waals surface area (Å²) >= 11 is 0. The lowest BCUT2D eigenvalue weighted by molar-refractivity contribution is -0.131. The van der Waals surface area contributed by atoms with Crippen molar-refractivity contribution in [3.63, 3.8) is 0 Å². The summed E-state index contributed by atoms with van der Waals surface area (Å²) in [5.74, 6) is -1.82. The van der Waals surface area contributed by atoms with Gasteiger partial charge in [0.1, 0.15) is 5.75 Å². The minimum atomic E-state index is -1.13. The van der Waals surface area contributed by atoms with Gasteiger partial charge < -0.3 is 9.47 Å². The van der Waals surface area contributed by atoms with Crippen LogP contribution in [0.3, 0.4) is 0 Å². The highest BCUT2D eigenvalue weighted by atomic mass is 16.5. The number of anilines is 1. The summed E-state index contributed by atoms with van der Waals surface area (Å²) in [6.07, 6.45) is 1.32. The van der Waals surface area contributed by atoms with Gasteiger partial charge in [-0.15, -0.1) is 0 Å². The lowest BCUT2D eigenvalue weighted by Gasteiger charge is -2.28. The van der Waals surface area contributed by atoms with Crippen molar-refractivity contribution in [2.75, 3.05) is 51.4 Å². The number of amides is 4. The van der Waals surface area contributed by atoms with Crippen LogP contribution in [0, 0.1) is 5.92 Å². The van der Waals surface area contributed by atoms with Gasteiger partial charge >= 0.3 is 6.03 Å². The number of imide groups is 2. The molecule has 9 heteroatoms. The Kier molecular flexibility index (Phi) is 6.15. The molecular formula is C18H22N4O5. The van der Waals surface area contributed by atoms with Crippen LogP contribution in [0.1, 0.15) is 0 Å². The van der Waals surface area contributed by atoms with Crippen LogP contribution >= 0.6 is 0 Å². The number of benzene rings is 1. The van der Waals surface area contributed by atoms with Crippen molar-refractivity contribution in [3.8, 4) is 5.75 Å². The molecule has 27 heavy (non-hydrogen) atoms. The fraction of sp³-hybridized carbons (Fsp3) is 0.444. The number of hydrogen-bond acceptors (Lipinski definition) is 7. The van der Waals surface area contributed by atoms with E-state index < -0.39 is 23.8 Å². The molecule has 1 atom stereocenters. The Morgan fingerprint density at radius 2 is 1.93 bits per heavy atom. The van der Waals surface area contributed by atoms with E-state index >= 15 is 0 Å². The van der Waals surface area contributed by atoms with Crippen LogP contribution in [-0.4, -0.2) is 75.5 Å². The fourth-order valence-corrected chi connectivity index (χ4v) is 2.90. The number of nitrogens with one attached hydrogen (secondary N) is 1. The molecule has 1 aromatic rings. The first kappa shape index (κ1) is 19.0. The molecule has 2 fully saturated rings. The van der Waals surface area contributed by atoms with Crippen molar-refractivity contribution < 1.29 is 23.9 Å². The molecule has 2 saturated heterocycles. The second-order valence-corrected chi connectivity index (χ2v) is 6.15. The van der Waals surface area contributed by atoms with Gasteiger partial charge in [0.05, 0.1) is 32.6 Å². The summed E-state index contributed by atoms with van der Waals surface area (Å²) in [5.41, 5.74) is 0.359. The number of methoxy groups -OCH3 is 1. The third-order valence-electron chi connectivity index (χ3n) is 4.44. The molecule has 2 aliphatic heterocycles. The molecule has 2 heterocycles. The summed E-state index contributed by atoms with van der Waals surface area (Å²) in [7, 11) is 1.52. The molecule has 0 radical (unpaired) electrons. The zero-order valence-electron chi connectivity index (χ0n) is 15.1. The minimum absolute atomic E-state index is 0.359. The van der Waals surface area contributed by atoms with Crippen molar-refractivity contribution in [2.24, 2.45) is 10.9 Å². The normalized spacial score (nSPS) is 21.6. The molecule has 0 saturated carbocycles. The summed E-state index contributed by atoms with van der Waals surface area (Å²) in [6.45, 7) is 4.28. The van der Waals surface area contributed by atoms with Crippen molar-refractivity contribution in [3.05, 3.63) is 24.3 Å². The molecule has 4 amide bonds. The zero-order valence-corrected chi connectivity index (χ0v) is 15.1. The van der Waals surface area contributed by atoms with Crippen LogP contribution < -0.4 is 15.0 Å². The maximum atomic E-state index is 12.7. The monoisotopic (exact) mass is 374 g/mol. The van der Waals surface area contributed by atoms with E-state index in [0.29, 0.717) is 31.2 Å². The van der Waals surface area contributed by atoms with Crippen LogP contribution in [0.4, 0.5) is 10.5 Å². The summed E-state index contributed by atoms with van der Waals surface area (Å²) < 4.78 is 10.4. The molecule has 2 aliphatic rings. The van der Waals surface area contributed by atoms with E-state index in [0.717, 1.165) is 24.5 Å². The maximum Gasteiger partial charge on any atom is 0.335 e. The van der Waals surface area contributed by atoms with Crippen LogP contribution in [0.5, 0.6) is 5.75 Å². The third-order valence-corrected chi connectivity index (χ3v) is 4.44. The Morgan fingerprint density at radius 1 is 1.22 bits per heavy atom. The predicted octanol–water partition coefficient (Wildman–Crippen LogP) is 0.297. The standard InChI is InChI=1S/C18H22N4O5/c1-26-14-4-2-13(3-5-14)22-17(24)15(16(23)20-18(22)25)12-19-6-7-21-8-10-27-11-9-21/h2-5,12,15H,6-11H2,1H3,(H,20,23,25)/t15-/m0/s1. The van der Waals surface area contributed by atoms with Gasteiger partial charge in [0, 0.05) is 25.8 Å². The number of rotatable bonds is 6. The van der Waals surface area contributed by atoms with E-state index in [1.54, 1.807) is 24.3 Å². The van der Waals surface area contributed by atoms with Gasteiger partial charge in [-0.25, -0.2) is 9.69 Å². The lowest BCUT2D eigenvalue weighted by atomic mass is 10.1. The fourth-order valence-electron chi connectivity index (χ4n) is 2.90. The van der Waals surface area contributed by atoms with Gasteiger partial charge in [0.15, 0.2) is 5.92 Å². The number of morpholine rings is 1. The zero-order chi connectivity index (χ0) is 19.2. The van der Waals surface area contributed by atoms with Crippen molar-refractivity contribution >= 4 is 29.7 Å². The number of aliphatic imine (C=N–C) groups is 1. The molecule has 3 rings (SSSR count). The topological polar surface area (TPSA) is 101 Å². The van der Waals surface area contributed by atoms with E-state index in [1.807, 2.05) is 0 Å². The van der Waals surface area contributed by atoms with Gasteiger partial charge in [-0.05, 0) is 24.3 Å². The molecule has 9 nitrogen and oxygen atoms in total. The highest BCUT2D eigenvalue weighted by Gasteiger charge is 2.40. The third kappa shape index (κ3) is 4.50. The first-order valence-corrected chi connectivity index (χ1v) is 8.73. The van der Waals surface area contributed by atoms with Crippen molar-refractivity contribution in [1.82, 2.24) is 10.2 Å². The van der Waals surface area contributed by atoms with Crippen LogP contribution in [-0.2, 0) is 14.3 Å². The Hall–Kier alpha value is -2.78. The predicted molar refractivity (Wildman–Crippen MR) is 98.1 cm³/mol. The first-order chi connectivity index (χ1) is 13.1. The largest absolute Gasteiger partial charge is 0.497 e. The number of nitrogens with zero attached hydrogens (tertiary/aromatic N) is 3. The second kappa shape index (κ2) is 8.74. The number of urea groups is 1. The summed E-state index contributed by atoms with van der Waals surface area (Å²) in [5, 5.41) is 2.21. The lowest BCUT2D eigenvalue weighted by Crippen LogP contribution is -2.58. The van der Waals surface area contributed by atoms with Crippen molar-refractivity contribution in [2.45, 2.75) is 0 Å². The Morgan fingerprint density at radius 3 is 2.59 bits per heavy atom. The first-order valence-electron chi connectivity index (χ1n) is 8.73. The quantitative estimate of drug-likeness (QED) is 0.568. The molecule has 0 aliphatic carbocycles. The maximum absolute atomic E-state index is 12.7. The second-order valence-electron chi connectivity index (χ2n) is 6.15. The number of ether oxygens (including phenoxy) is 2. The average molecular weight is 374 g/mol. The van der Waals surface area contributed by atoms with Crippen LogP contribution in [0.2, 0.25) is 0 Å². The molecule has 144 valence electrons. The van der Waals surface area contributed by atoms with Gasteiger partial charge in [0.2, 0.25) is 5.91 Å². The smallest absolute Gasteiger partial charge is 0.335 e. The van der Waals surface area contributed by atoms with Gasteiger partial charge in [-0.2, -0.15) is 0 Å². The average Bonchev–Trinajstić information content (AvgIpc) is 2.68. The molecule has 0 spiro atoms. The summed E-state index contributed by atoms with van der Waals surface area (Å²) in [6, 6.07) is 5.67. The highest BCUT2D eigenvalue weighted by Crippen LogP contribution is 2.23.